The summed E-state index contributed by atoms with van der Waals surface area (Å²) in [6.45, 7) is 7.10. The van der Waals surface area contributed by atoms with Crippen LogP contribution < -0.4 is 0 Å². The summed E-state index contributed by atoms with van der Waals surface area (Å²) < 4.78 is 1.06. The molecule has 18 heavy (non-hydrogen) atoms. The number of piperidine rings is 2. The lowest BCUT2D eigenvalue weighted by atomic mass is 9.83. The van der Waals surface area contributed by atoms with E-state index in [1.54, 1.807) is 0 Å². The van der Waals surface area contributed by atoms with E-state index in [9.17, 15) is 4.79 Å². The monoisotopic (exact) mass is 312 g/mol. The van der Waals surface area contributed by atoms with E-state index in [1.165, 1.54) is 12.8 Å². The smallest absolute Gasteiger partial charge is 0.223 e. The molecule has 0 aromatic carbocycles. The molecule has 3 nitrogen and oxygen atoms in total. The van der Waals surface area contributed by atoms with Gasteiger partial charge >= 0.3 is 0 Å². The summed E-state index contributed by atoms with van der Waals surface area (Å²) in [6.07, 6.45) is 5.46. The number of carbonyl (C=O) groups is 1. The van der Waals surface area contributed by atoms with Crippen molar-refractivity contribution in [3.05, 3.63) is 11.1 Å². The molecule has 3 rings (SSSR count). The highest BCUT2D eigenvalue weighted by molar-refractivity contribution is 9.11. The van der Waals surface area contributed by atoms with Crippen molar-refractivity contribution < 1.29 is 4.79 Å². The van der Waals surface area contributed by atoms with E-state index >= 15 is 0 Å². The SMILES string of the molecule is C=C(Br)CN1CCC2C(CCC(=O)N2C2CC2)C1. The first kappa shape index (κ1) is 12.7. The molecule has 1 amide bonds. The third kappa shape index (κ3) is 2.50. The first-order valence-electron chi connectivity index (χ1n) is 7.02. The van der Waals surface area contributed by atoms with Crippen molar-refractivity contribution in [3.8, 4) is 0 Å². The minimum Gasteiger partial charge on any atom is -0.336 e. The molecule has 0 spiro atoms. The second-order valence-corrected chi connectivity index (χ2v) is 7.06. The minimum atomic E-state index is 0.414. The maximum Gasteiger partial charge on any atom is 0.223 e. The number of nitrogens with zero attached hydrogens (tertiary/aromatic N) is 2. The van der Waals surface area contributed by atoms with Gasteiger partial charge in [-0.15, -0.1) is 0 Å². The zero-order chi connectivity index (χ0) is 12.7. The molecule has 0 N–H and O–H groups in total. The van der Waals surface area contributed by atoms with Gasteiger partial charge in [0.1, 0.15) is 0 Å². The fourth-order valence-corrected chi connectivity index (χ4v) is 3.94. The maximum absolute atomic E-state index is 12.1. The Morgan fingerprint density at radius 1 is 1.33 bits per heavy atom. The summed E-state index contributed by atoms with van der Waals surface area (Å²) in [5, 5.41) is 0. The van der Waals surface area contributed by atoms with Crippen LogP contribution in [0.3, 0.4) is 0 Å². The fourth-order valence-electron chi connectivity index (χ4n) is 3.58. The predicted molar refractivity (Wildman–Crippen MR) is 75.5 cm³/mol. The topological polar surface area (TPSA) is 23.6 Å². The number of fused-ring (bicyclic) bond motifs is 1. The third-order valence-electron chi connectivity index (χ3n) is 4.49. The number of carbonyl (C=O) groups excluding carboxylic acids is 1. The van der Waals surface area contributed by atoms with Crippen molar-refractivity contribution in [1.29, 1.82) is 0 Å². The van der Waals surface area contributed by atoms with Gasteiger partial charge in [-0.25, -0.2) is 0 Å². The third-order valence-corrected chi connectivity index (χ3v) is 4.74. The number of halogens is 1. The van der Waals surface area contributed by atoms with Crippen LogP contribution in [-0.2, 0) is 4.79 Å². The Balaban J connectivity index is 1.66. The van der Waals surface area contributed by atoms with Crippen molar-refractivity contribution >= 4 is 21.8 Å². The molecular weight excluding hydrogens is 292 g/mol. The van der Waals surface area contributed by atoms with Crippen LogP contribution in [-0.4, -0.2) is 47.4 Å². The molecule has 1 saturated carbocycles. The number of rotatable bonds is 3. The standard InChI is InChI=1S/C14H21BrN2O/c1-10(15)8-16-7-6-13-11(9-16)2-5-14(18)17(13)12-3-4-12/h11-13H,1-9H2. The molecule has 2 atom stereocenters. The number of likely N-dealkylation sites (tertiary alicyclic amines) is 2. The van der Waals surface area contributed by atoms with E-state index in [2.05, 4.69) is 32.3 Å². The summed E-state index contributed by atoms with van der Waals surface area (Å²) in [6, 6.07) is 1.11. The Bertz CT molecular complexity index is 367. The second kappa shape index (κ2) is 4.97. The molecule has 1 aliphatic carbocycles. The van der Waals surface area contributed by atoms with Gasteiger partial charge in [0, 0.05) is 42.6 Å². The lowest BCUT2D eigenvalue weighted by Crippen LogP contribution is -2.56. The van der Waals surface area contributed by atoms with Crippen LogP contribution >= 0.6 is 15.9 Å². The Labute approximate surface area is 117 Å². The number of hydrogen-bond donors (Lipinski definition) is 0. The van der Waals surface area contributed by atoms with Gasteiger partial charge in [0.15, 0.2) is 0 Å². The molecule has 0 aromatic heterocycles. The Kier molecular flexibility index (Phi) is 3.50. The summed E-state index contributed by atoms with van der Waals surface area (Å²) >= 11 is 3.45. The Morgan fingerprint density at radius 3 is 2.78 bits per heavy atom. The molecule has 2 aliphatic heterocycles. The minimum absolute atomic E-state index is 0.414. The average Bonchev–Trinajstić information content (AvgIpc) is 3.12. The highest BCUT2D eigenvalue weighted by Gasteiger charge is 2.45. The van der Waals surface area contributed by atoms with E-state index in [4.69, 9.17) is 0 Å². The molecule has 2 saturated heterocycles. The van der Waals surface area contributed by atoms with Gasteiger partial charge in [0.25, 0.3) is 0 Å². The Hall–Kier alpha value is -0.350. The maximum atomic E-state index is 12.1. The van der Waals surface area contributed by atoms with Crippen LogP contribution in [0.25, 0.3) is 0 Å². The van der Waals surface area contributed by atoms with Gasteiger partial charge in [0.05, 0.1) is 0 Å². The van der Waals surface area contributed by atoms with Crippen LogP contribution in [0, 0.1) is 5.92 Å². The zero-order valence-electron chi connectivity index (χ0n) is 10.8. The van der Waals surface area contributed by atoms with E-state index < -0.39 is 0 Å². The van der Waals surface area contributed by atoms with Crippen molar-refractivity contribution in [1.82, 2.24) is 9.80 Å². The van der Waals surface area contributed by atoms with Crippen LogP contribution in [0.15, 0.2) is 11.1 Å². The first-order valence-corrected chi connectivity index (χ1v) is 7.81. The summed E-state index contributed by atoms with van der Waals surface area (Å²) in [4.78, 5) is 16.8. The molecule has 0 radical (unpaired) electrons. The van der Waals surface area contributed by atoms with E-state index in [0.29, 0.717) is 23.9 Å². The van der Waals surface area contributed by atoms with Gasteiger partial charge in [-0.05, 0) is 31.6 Å². The van der Waals surface area contributed by atoms with Gasteiger partial charge in [-0.1, -0.05) is 22.5 Å². The van der Waals surface area contributed by atoms with Crippen LogP contribution in [0.2, 0.25) is 0 Å². The van der Waals surface area contributed by atoms with Gasteiger partial charge in [-0.2, -0.15) is 0 Å². The van der Waals surface area contributed by atoms with Crippen LogP contribution in [0.5, 0.6) is 0 Å². The molecule has 100 valence electrons. The molecular formula is C14H21BrN2O. The number of hydrogen-bond acceptors (Lipinski definition) is 2. The van der Waals surface area contributed by atoms with E-state index in [0.717, 1.165) is 43.4 Å². The second-order valence-electron chi connectivity index (χ2n) is 5.94. The zero-order valence-corrected chi connectivity index (χ0v) is 12.4. The molecule has 4 heteroatoms. The van der Waals surface area contributed by atoms with Gasteiger partial charge < -0.3 is 4.90 Å². The van der Waals surface area contributed by atoms with E-state index in [-0.39, 0.29) is 0 Å². The fraction of sp³-hybridized carbons (Fsp3) is 0.786. The highest BCUT2D eigenvalue weighted by atomic mass is 79.9. The molecule has 3 fully saturated rings. The molecule has 0 bridgehead atoms. The molecule has 2 unspecified atom stereocenters. The number of amides is 1. The van der Waals surface area contributed by atoms with Gasteiger partial charge in [-0.3, -0.25) is 9.69 Å². The molecule has 3 aliphatic rings. The molecule has 2 heterocycles. The van der Waals surface area contributed by atoms with E-state index in [1.807, 2.05) is 0 Å². The van der Waals surface area contributed by atoms with Crippen molar-refractivity contribution in [2.24, 2.45) is 5.92 Å². The highest BCUT2D eigenvalue weighted by Crippen LogP contribution is 2.39. The van der Waals surface area contributed by atoms with Crippen molar-refractivity contribution in [2.45, 2.75) is 44.2 Å². The predicted octanol–water partition coefficient (Wildman–Crippen LogP) is 2.37. The molecule has 0 aromatic rings. The quantitative estimate of drug-likeness (QED) is 0.799. The van der Waals surface area contributed by atoms with Crippen molar-refractivity contribution in [2.75, 3.05) is 19.6 Å². The summed E-state index contributed by atoms with van der Waals surface area (Å²) in [5.41, 5.74) is 0. The van der Waals surface area contributed by atoms with Gasteiger partial charge in [0.2, 0.25) is 5.91 Å². The van der Waals surface area contributed by atoms with Crippen molar-refractivity contribution in [3.63, 3.8) is 0 Å². The average molecular weight is 313 g/mol. The first-order chi connectivity index (χ1) is 8.65. The van der Waals surface area contributed by atoms with Crippen LogP contribution in [0.1, 0.15) is 32.1 Å². The lowest BCUT2D eigenvalue weighted by Gasteiger charge is -2.47. The summed E-state index contributed by atoms with van der Waals surface area (Å²) in [5.74, 6) is 1.10. The normalized spacial score (nSPS) is 33.4. The Morgan fingerprint density at radius 2 is 2.11 bits per heavy atom. The lowest BCUT2D eigenvalue weighted by molar-refractivity contribution is -0.141. The van der Waals surface area contributed by atoms with Crippen LogP contribution in [0.4, 0.5) is 0 Å². The largest absolute Gasteiger partial charge is 0.336 e. The summed E-state index contributed by atoms with van der Waals surface area (Å²) in [7, 11) is 0.